The molecule has 0 aromatic heterocycles. The highest BCUT2D eigenvalue weighted by Crippen LogP contribution is 2.46. The van der Waals surface area contributed by atoms with Crippen LogP contribution in [0.4, 0.5) is 4.79 Å². The van der Waals surface area contributed by atoms with Crippen molar-refractivity contribution < 1.29 is 37.1 Å². The summed E-state index contributed by atoms with van der Waals surface area (Å²) in [5, 5.41) is 4.69. The first-order valence-corrected chi connectivity index (χ1v) is 15.1. The molecular formula is C26H38N4O8S. The monoisotopic (exact) mass is 566 g/mol. The second kappa shape index (κ2) is 10.9. The van der Waals surface area contributed by atoms with E-state index < -0.39 is 68.2 Å². The number of fused-ring (bicyclic) bond motifs is 2. The summed E-state index contributed by atoms with van der Waals surface area (Å²) < 4.78 is 32.4. The number of carbonyl (C=O) groups is 5. The Morgan fingerprint density at radius 3 is 2.49 bits per heavy atom. The number of amides is 4. The third-order valence-electron chi connectivity index (χ3n) is 7.42. The lowest BCUT2D eigenvalue weighted by molar-refractivity contribution is -0.141. The molecule has 2 saturated carbocycles. The van der Waals surface area contributed by atoms with E-state index in [4.69, 9.17) is 4.74 Å². The molecule has 2 aliphatic heterocycles. The van der Waals surface area contributed by atoms with E-state index in [-0.39, 0.29) is 25.2 Å². The molecule has 2 heterocycles. The van der Waals surface area contributed by atoms with Crippen molar-refractivity contribution in [3.63, 3.8) is 0 Å². The Kier molecular flexibility index (Phi) is 8.11. The highest BCUT2D eigenvalue weighted by molar-refractivity contribution is 7.91. The topological polar surface area (TPSA) is 168 Å². The fourth-order valence-corrected chi connectivity index (χ4v) is 6.44. The minimum Gasteiger partial charge on any atom is -0.444 e. The molecule has 0 radical (unpaired) electrons. The van der Waals surface area contributed by atoms with E-state index in [1.807, 2.05) is 12.2 Å². The van der Waals surface area contributed by atoms with E-state index >= 15 is 0 Å². The van der Waals surface area contributed by atoms with Gasteiger partial charge in [0.1, 0.15) is 23.2 Å². The van der Waals surface area contributed by atoms with E-state index in [0.29, 0.717) is 32.1 Å². The summed E-state index contributed by atoms with van der Waals surface area (Å²) in [5.41, 5.74) is -2.27. The molecule has 4 amide bonds. The standard InChI is InChI=1S/C26H38N4O8S/c1-25(2,3)38-24(35)27-19-10-8-6-4-5-7-9-16-14-26(16,23(34)29-39(36,37)18-11-12-18)28-21(32)20-13-17(31)15-30(20)22(19)33/h7,9,16,18-20H,4-6,8,10-15H2,1-3H3,(H,27,35)(H,28,32)(H,29,34)/b9-7-/t16-,19+,20+,26-/m1/s1. The van der Waals surface area contributed by atoms with Crippen molar-refractivity contribution in [1.82, 2.24) is 20.3 Å². The number of alkyl carbamates (subject to hydrolysis) is 1. The van der Waals surface area contributed by atoms with Gasteiger partial charge in [-0.3, -0.25) is 23.9 Å². The van der Waals surface area contributed by atoms with Crippen molar-refractivity contribution in [2.75, 3.05) is 6.54 Å². The summed E-state index contributed by atoms with van der Waals surface area (Å²) >= 11 is 0. The van der Waals surface area contributed by atoms with Gasteiger partial charge in [0.25, 0.3) is 5.91 Å². The van der Waals surface area contributed by atoms with E-state index in [1.165, 1.54) is 0 Å². The number of hydrogen-bond acceptors (Lipinski definition) is 8. The van der Waals surface area contributed by atoms with Gasteiger partial charge in [-0.25, -0.2) is 13.2 Å². The maximum atomic E-state index is 13.6. The molecule has 0 aromatic carbocycles. The molecule has 4 aliphatic rings. The van der Waals surface area contributed by atoms with Gasteiger partial charge in [-0.1, -0.05) is 25.0 Å². The van der Waals surface area contributed by atoms with Crippen molar-refractivity contribution in [2.45, 2.75) is 107 Å². The molecule has 216 valence electrons. The zero-order valence-corrected chi connectivity index (χ0v) is 23.5. The molecule has 4 rings (SSSR count). The van der Waals surface area contributed by atoms with Crippen LogP contribution in [0.3, 0.4) is 0 Å². The van der Waals surface area contributed by atoms with E-state index in [9.17, 15) is 32.4 Å². The molecule has 3 N–H and O–H groups in total. The summed E-state index contributed by atoms with van der Waals surface area (Å²) in [6.07, 6.45) is 7.05. The molecular weight excluding hydrogens is 528 g/mol. The number of nitrogens with zero attached hydrogens (tertiary/aromatic N) is 1. The minimum absolute atomic E-state index is 0.207. The molecule has 0 spiro atoms. The molecule has 39 heavy (non-hydrogen) atoms. The lowest BCUT2D eigenvalue weighted by atomic mass is 10.0. The second-order valence-corrected chi connectivity index (χ2v) is 13.9. The van der Waals surface area contributed by atoms with Gasteiger partial charge in [-0.2, -0.15) is 0 Å². The van der Waals surface area contributed by atoms with Gasteiger partial charge in [-0.05, 0) is 59.3 Å². The molecule has 4 atom stereocenters. The lowest BCUT2D eigenvalue weighted by Gasteiger charge is -2.30. The van der Waals surface area contributed by atoms with Crippen LogP contribution in [-0.4, -0.2) is 77.9 Å². The first kappa shape index (κ1) is 29.0. The van der Waals surface area contributed by atoms with Gasteiger partial charge in [-0.15, -0.1) is 0 Å². The third kappa shape index (κ3) is 6.98. The number of ether oxygens (including phenoxy) is 1. The summed E-state index contributed by atoms with van der Waals surface area (Å²) in [5.74, 6) is -2.85. The summed E-state index contributed by atoms with van der Waals surface area (Å²) in [7, 11) is -3.84. The van der Waals surface area contributed by atoms with Crippen LogP contribution in [0.5, 0.6) is 0 Å². The first-order valence-electron chi connectivity index (χ1n) is 13.6. The normalized spacial score (nSPS) is 31.1. The summed E-state index contributed by atoms with van der Waals surface area (Å²) in [6, 6.07) is -2.19. The summed E-state index contributed by atoms with van der Waals surface area (Å²) in [4.78, 5) is 66.3. The maximum Gasteiger partial charge on any atom is 0.408 e. The highest BCUT2D eigenvalue weighted by Gasteiger charge is 2.62. The first-order chi connectivity index (χ1) is 18.2. The largest absolute Gasteiger partial charge is 0.444 e. The molecule has 12 nitrogen and oxygen atoms in total. The zero-order valence-electron chi connectivity index (χ0n) is 22.7. The minimum atomic E-state index is -3.84. The van der Waals surface area contributed by atoms with Crippen LogP contribution in [0.25, 0.3) is 0 Å². The maximum absolute atomic E-state index is 13.6. The Labute approximate surface area is 228 Å². The van der Waals surface area contributed by atoms with Gasteiger partial charge in [0.05, 0.1) is 11.8 Å². The third-order valence-corrected chi connectivity index (χ3v) is 9.23. The smallest absolute Gasteiger partial charge is 0.408 e. The Bertz CT molecular complexity index is 1170. The van der Waals surface area contributed by atoms with Crippen molar-refractivity contribution in [2.24, 2.45) is 5.92 Å². The van der Waals surface area contributed by atoms with Crippen LogP contribution in [0.1, 0.15) is 78.6 Å². The van der Waals surface area contributed by atoms with Crippen LogP contribution in [-0.2, 0) is 33.9 Å². The van der Waals surface area contributed by atoms with Crippen LogP contribution >= 0.6 is 0 Å². The van der Waals surface area contributed by atoms with Crippen molar-refractivity contribution in [1.29, 1.82) is 0 Å². The molecule has 1 saturated heterocycles. The Balaban J connectivity index is 1.57. The second-order valence-electron chi connectivity index (χ2n) is 11.9. The summed E-state index contributed by atoms with van der Waals surface area (Å²) in [6.45, 7) is 4.79. The van der Waals surface area contributed by atoms with Crippen molar-refractivity contribution in [3.8, 4) is 0 Å². The highest BCUT2D eigenvalue weighted by atomic mass is 32.2. The molecule has 2 aliphatic carbocycles. The van der Waals surface area contributed by atoms with E-state index in [1.54, 1.807) is 20.8 Å². The fourth-order valence-electron chi connectivity index (χ4n) is 5.08. The van der Waals surface area contributed by atoms with Crippen LogP contribution in [0.15, 0.2) is 12.2 Å². The average molecular weight is 567 g/mol. The number of allylic oxidation sites excluding steroid dienone is 1. The predicted molar refractivity (Wildman–Crippen MR) is 140 cm³/mol. The SMILES string of the molecule is CC(C)(C)OC(=O)N[C@H]1CCCCC/C=C\[C@@H]2C[C@@]2(C(=O)NS(=O)(=O)C2CC2)NC(=O)[C@@H]2CC(=O)CN2C1=O. The number of carbonyl (C=O) groups excluding carboxylic acids is 5. The number of sulfonamides is 1. The van der Waals surface area contributed by atoms with E-state index in [0.717, 1.165) is 17.7 Å². The fraction of sp³-hybridized carbons (Fsp3) is 0.731. The number of ketones is 1. The molecule has 0 unspecified atom stereocenters. The predicted octanol–water partition coefficient (Wildman–Crippen LogP) is 1.05. The van der Waals surface area contributed by atoms with Crippen LogP contribution in [0, 0.1) is 5.92 Å². The molecule has 0 aromatic rings. The van der Waals surface area contributed by atoms with Gasteiger partial charge in [0, 0.05) is 12.3 Å². The Hall–Kier alpha value is -2.96. The Morgan fingerprint density at radius 2 is 1.82 bits per heavy atom. The molecule has 13 heteroatoms. The number of nitrogens with one attached hydrogen (secondary N) is 3. The molecule has 0 bridgehead atoms. The number of rotatable bonds is 4. The van der Waals surface area contributed by atoms with Crippen molar-refractivity contribution >= 4 is 39.6 Å². The number of hydrogen-bond donors (Lipinski definition) is 3. The zero-order chi connectivity index (χ0) is 28.6. The van der Waals surface area contributed by atoms with E-state index in [2.05, 4.69) is 15.4 Å². The van der Waals surface area contributed by atoms with Gasteiger partial charge in [0.15, 0.2) is 5.78 Å². The van der Waals surface area contributed by atoms with Crippen molar-refractivity contribution in [3.05, 3.63) is 12.2 Å². The van der Waals surface area contributed by atoms with Crippen LogP contribution in [0.2, 0.25) is 0 Å². The van der Waals surface area contributed by atoms with Crippen LogP contribution < -0.4 is 15.4 Å². The van der Waals surface area contributed by atoms with Gasteiger partial charge < -0.3 is 20.3 Å². The molecule has 3 fully saturated rings. The average Bonchev–Trinajstić information content (AvgIpc) is 3.73. The Morgan fingerprint density at radius 1 is 1.10 bits per heavy atom. The van der Waals surface area contributed by atoms with Gasteiger partial charge >= 0.3 is 6.09 Å². The quantitative estimate of drug-likeness (QED) is 0.425. The lowest BCUT2D eigenvalue weighted by Crippen LogP contribution is -2.58. The number of Topliss-reactive ketones (excluding diaryl/α,β-unsaturated/α-hetero) is 1. The van der Waals surface area contributed by atoms with Gasteiger partial charge in [0.2, 0.25) is 21.8 Å².